The molecular weight excluding hydrogens is 350 g/mol. The molecule has 0 unspecified atom stereocenters. The minimum Gasteiger partial charge on any atom is -0.362 e. The molecule has 1 aromatic carbocycles. The van der Waals surface area contributed by atoms with Crippen LogP contribution in [0.2, 0.25) is 0 Å². The first-order valence-electron chi connectivity index (χ1n) is 10.9. The number of likely N-dealkylation sites (tertiary alicyclic amines) is 1. The van der Waals surface area contributed by atoms with Gasteiger partial charge in [0.2, 0.25) is 5.91 Å². The summed E-state index contributed by atoms with van der Waals surface area (Å²) in [4.78, 5) is 28.4. The number of nitrogens with zero attached hydrogens (tertiary/aromatic N) is 1. The molecule has 5 aliphatic rings. The number of nitrogens with one attached hydrogen (secondary N) is 2. The maximum atomic E-state index is 13.4. The van der Waals surface area contributed by atoms with E-state index in [1.807, 2.05) is 24.3 Å². The molecule has 1 spiro atoms. The molecule has 2 heterocycles. The van der Waals surface area contributed by atoms with Gasteiger partial charge in [0.25, 0.3) is 5.91 Å². The molecule has 1 aromatic rings. The smallest absolute Gasteiger partial charge is 0.255 e. The van der Waals surface area contributed by atoms with Crippen LogP contribution in [0, 0.1) is 23.2 Å². The molecular formula is C23H31N3O2. The molecule has 3 saturated carbocycles. The fourth-order valence-electron chi connectivity index (χ4n) is 6.44. The molecule has 2 amide bonds. The zero-order chi connectivity index (χ0) is 19.5. The summed E-state index contributed by atoms with van der Waals surface area (Å²) in [6.07, 6.45) is 6.18. The van der Waals surface area contributed by atoms with E-state index in [2.05, 4.69) is 29.4 Å². The number of benzene rings is 1. The largest absolute Gasteiger partial charge is 0.362 e. The Balaban J connectivity index is 1.41. The molecule has 2 aliphatic heterocycles. The monoisotopic (exact) mass is 381 g/mol. The highest BCUT2D eigenvalue weighted by atomic mass is 16.2. The van der Waals surface area contributed by atoms with Gasteiger partial charge >= 0.3 is 0 Å². The van der Waals surface area contributed by atoms with Crippen molar-refractivity contribution in [3.8, 4) is 0 Å². The average molecular weight is 382 g/mol. The van der Waals surface area contributed by atoms with Crippen molar-refractivity contribution >= 4 is 17.5 Å². The Morgan fingerprint density at radius 1 is 1.21 bits per heavy atom. The third-order valence-corrected chi connectivity index (χ3v) is 7.94. The Morgan fingerprint density at radius 2 is 2.04 bits per heavy atom. The molecule has 1 saturated heterocycles. The summed E-state index contributed by atoms with van der Waals surface area (Å²) in [5.41, 5.74) is 1.16. The molecule has 3 aliphatic carbocycles. The van der Waals surface area contributed by atoms with Crippen molar-refractivity contribution in [3.05, 3.63) is 29.8 Å². The molecule has 28 heavy (non-hydrogen) atoms. The van der Waals surface area contributed by atoms with E-state index in [4.69, 9.17) is 0 Å². The van der Waals surface area contributed by atoms with Crippen LogP contribution in [-0.4, -0.2) is 35.5 Å². The van der Waals surface area contributed by atoms with Gasteiger partial charge in [-0.2, -0.15) is 0 Å². The van der Waals surface area contributed by atoms with Crippen LogP contribution in [0.15, 0.2) is 24.3 Å². The van der Waals surface area contributed by atoms with Gasteiger partial charge in [0.1, 0.15) is 5.66 Å². The van der Waals surface area contributed by atoms with Gasteiger partial charge in [-0.3, -0.25) is 9.59 Å². The first-order valence-corrected chi connectivity index (χ1v) is 10.9. The average Bonchev–Trinajstić information content (AvgIpc) is 2.67. The number of hydrogen-bond donors (Lipinski definition) is 2. The second-order valence-electron chi connectivity index (χ2n) is 9.98. The van der Waals surface area contributed by atoms with E-state index in [0.29, 0.717) is 17.7 Å². The van der Waals surface area contributed by atoms with E-state index in [-0.39, 0.29) is 17.2 Å². The zero-order valence-corrected chi connectivity index (χ0v) is 17.0. The number of fused-ring (bicyclic) bond motifs is 3. The van der Waals surface area contributed by atoms with Crippen molar-refractivity contribution in [3.63, 3.8) is 0 Å². The Morgan fingerprint density at radius 3 is 2.82 bits per heavy atom. The molecule has 4 fully saturated rings. The SMILES string of the molecule is C[C@@H]1CCCN(C(=O)[C@H]2C[C@H]3CC[C@@]2(C)C[C@@]32NC(=O)c3ccccc3N2)C1. The van der Waals surface area contributed by atoms with E-state index < -0.39 is 5.66 Å². The Labute approximate surface area is 167 Å². The highest BCUT2D eigenvalue weighted by Gasteiger charge is 2.60. The summed E-state index contributed by atoms with van der Waals surface area (Å²) in [5, 5.41) is 7.00. The van der Waals surface area contributed by atoms with Gasteiger partial charge in [-0.25, -0.2) is 0 Å². The maximum Gasteiger partial charge on any atom is 0.255 e. The van der Waals surface area contributed by atoms with Gasteiger partial charge in [-0.05, 0) is 62.0 Å². The number of piperidine rings is 1. The first-order chi connectivity index (χ1) is 13.4. The van der Waals surface area contributed by atoms with Crippen LogP contribution in [0.5, 0.6) is 0 Å². The normalized spacial score (nSPS) is 39.3. The van der Waals surface area contributed by atoms with Gasteiger partial charge < -0.3 is 15.5 Å². The second-order valence-corrected chi connectivity index (χ2v) is 9.98. The molecule has 150 valence electrons. The minimum atomic E-state index is -0.412. The lowest BCUT2D eigenvalue weighted by Crippen LogP contribution is -2.70. The summed E-state index contributed by atoms with van der Waals surface area (Å²) < 4.78 is 0. The number of carbonyl (C=O) groups is 2. The number of rotatable bonds is 1. The standard InChI is InChI=1S/C23H31N3O2/c1-15-6-5-11-26(13-15)21(28)18-12-16-9-10-22(18,2)14-23(16)24-19-8-4-3-7-17(19)20(27)25-23/h3-4,7-8,15-16,18,24H,5-6,9-14H2,1-2H3,(H,25,27)/t15-,16-,18-,22+,23-/m1/s1. The van der Waals surface area contributed by atoms with Gasteiger partial charge in [0, 0.05) is 30.6 Å². The van der Waals surface area contributed by atoms with E-state index in [1.165, 1.54) is 6.42 Å². The molecule has 2 N–H and O–H groups in total. The Bertz CT molecular complexity index is 824. The predicted octanol–water partition coefficient (Wildman–Crippen LogP) is 3.62. The highest BCUT2D eigenvalue weighted by Crippen LogP contribution is 2.58. The minimum absolute atomic E-state index is 0.0123. The number of carbonyl (C=O) groups excluding carboxylic acids is 2. The van der Waals surface area contributed by atoms with Crippen LogP contribution in [-0.2, 0) is 4.79 Å². The first kappa shape index (κ1) is 18.0. The number of anilines is 1. The van der Waals surface area contributed by atoms with Crippen molar-refractivity contribution in [2.75, 3.05) is 18.4 Å². The molecule has 0 aromatic heterocycles. The van der Waals surface area contributed by atoms with Crippen LogP contribution in [0.25, 0.3) is 0 Å². The van der Waals surface area contributed by atoms with E-state index in [1.54, 1.807) is 0 Å². The van der Waals surface area contributed by atoms with E-state index >= 15 is 0 Å². The number of para-hydroxylation sites is 1. The fraction of sp³-hybridized carbons (Fsp3) is 0.652. The summed E-state index contributed by atoms with van der Waals surface area (Å²) in [7, 11) is 0. The van der Waals surface area contributed by atoms with Crippen LogP contribution < -0.4 is 10.6 Å². The quantitative estimate of drug-likeness (QED) is 0.781. The van der Waals surface area contributed by atoms with E-state index in [9.17, 15) is 9.59 Å². The van der Waals surface area contributed by atoms with Crippen LogP contribution >= 0.6 is 0 Å². The summed E-state index contributed by atoms with van der Waals surface area (Å²) >= 11 is 0. The van der Waals surface area contributed by atoms with Crippen molar-refractivity contribution < 1.29 is 9.59 Å². The molecule has 5 heteroatoms. The third kappa shape index (κ3) is 2.66. The van der Waals surface area contributed by atoms with Crippen LogP contribution in [0.3, 0.4) is 0 Å². The van der Waals surface area contributed by atoms with Crippen molar-refractivity contribution in [1.82, 2.24) is 10.2 Å². The number of amides is 2. The third-order valence-electron chi connectivity index (χ3n) is 7.94. The summed E-state index contributed by atoms with van der Waals surface area (Å²) in [6, 6.07) is 7.75. The van der Waals surface area contributed by atoms with Crippen LogP contribution in [0.4, 0.5) is 5.69 Å². The van der Waals surface area contributed by atoms with Crippen LogP contribution in [0.1, 0.15) is 62.7 Å². The summed E-state index contributed by atoms with van der Waals surface area (Å²) in [5.74, 6) is 1.35. The molecule has 5 nitrogen and oxygen atoms in total. The highest BCUT2D eigenvalue weighted by molar-refractivity contribution is 6.02. The lowest BCUT2D eigenvalue weighted by molar-refractivity contribution is -0.152. The summed E-state index contributed by atoms with van der Waals surface area (Å²) in [6.45, 7) is 6.34. The van der Waals surface area contributed by atoms with Gasteiger partial charge in [0.05, 0.1) is 5.56 Å². The molecule has 2 bridgehead atoms. The van der Waals surface area contributed by atoms with Crippen molar-refractivity contribution in [1.29, 1.82) is 0 Å². The van der Waals surface area contributed by atoms with Crippen molar-refractivity contribution in [2.24, 2.45) is 23.2 Å². The second kappa shape index (κ2) is 6.23. The molecule has 5 atom stereocenters. The Kier molecular flexibility index (Phi) is 4.01. The predicted molar refractivity (Wildman–Crippen MR) is 109 cm³/mol. The topological polar surface area (TPSA) is 61.4 Å². The maximum absolute atomic E-state index is 13.4. The Hall–Kier alpha value is -2.04. The van der Waals surface area contributed by atoms with E-state index in [0.717, 1.165) is 56.4 Å². The lowest BCUT2D eigenvalue weighted by Gasteiger charge is -2.61. The fourth-order valence-corrected chi connectivity index (χ4v) is 6.44. The van der Waals surface area contributed by atoms with Gasteiger partial charge in [0.15, 0.2) is 0 Å². The number of hydrogen-bond acceptors (Lipinski definition) is 3. The van der Waals surface area contributed by atoms with Gasteiger partial charge in [-0.15, -0.1) is 0 Å². The molecule has 6 rings (SSSR count). The molecule has 0 radical (unpaired) electrons. The lowest BCUT2D eigenvalue weighted by atomic mass is 9.51. The van der Waals surface area contributed by atoms with Crippen molar-refractivity contribution in [2.45, 2.75) is 58.0 Å². The zero-order valence-electron chi connectivity index (χ0n) is 17.0. The van der Waals surface area contributed by atoms with Gasteiger partial charge in [-0.1, -0.05) is 26.0 Å².